The first-order valence-corrected chi connectivity index (χ1v) is 41.8. The van der Waals surface area contributed by atoms with Crippen LogP contribution in [0.3, 0.4) is 0 Å². The van der Waals surface area contributed by atoms with Gasteiger partial charge in [-0.25, -0.2) is 26.3 Å². The summed E-state index contributed by atoms with van der Waals surface area (Å²) in [5, 5.41) is 0. The lowest BCUT2D eigenvalue weighted by atomic mass is 9.90. The summed E-state index contributed by atoms with van der Waals surface area (Å²) in [6, 6.07) is 69.1. The van der Waals surface area contributed by atoms with Crippen LogP contribution in [0.15, 0.2) is 288 Å². The van der Waals surface area contributed by atoms with E-state index in [1.165, 1.54) is 120 Å². The Kier molecular flexibility index (Phi) is 31.3. The second-order valence-corrected chi connectivity index (χ2v) is 30.1. The van der Waals surface area contributed by atoms with Gasteiger partial charge < -0.3 is 56.8 Å². The van der Waals surface area contributed by atoms with Crippen molar-refractivity contribution in [2.45, 2.75) is 87.1 Å². The Balaban J connectivity index is 0.000000133. The van der Waals surface area contributed by atoms with E-state index >= 15 is 0 Å². The Hall–Kier alpha value is -14.2. The summed E-state index contributed by atoms with van der Waals surface area (Å²) in [4.78, 5) is 0. The first-order chi connectivity index (χ1) is 62.8. The molecular formula is C106H92F12O12. The maximum absolute atomic E-state index is 13.2. The van der Waals surface area contributed by atoms with Crippen molar-refractivity contribution in [3.05, 3.63) is 390 Å². The number of methoxy groups -OCH3 is 3. The van der Waals surface area contributed by atoms with Gasteiger partial charge in [0.15, 0.2) is 0 Å². The van der Waals surface area contributed by atoms with Gasteiger partial charge in [0.2, 0.25) is 0 Å². The van der Waals surface area contributed by atoms with Gasteiger partial charge in [-0.2, -0.15) is 26.3 Å². The van der Waals surface area contributed by atoms with Crippen molar-refractivity contribution < 1.29 is 110 Å². The lowest BCUT2D eigenvalue weighted by Crippen LogP contribution is -2.12. The molecule has 12 aromatic carbocycles. The van der Waals surface area contributed by atoms with Crippen molar-refractivity contribution in [3.63, 3.8) is 0 Å². The highest BCUT2D eigenvalue weighted by atomic mass is 19.3. The third-order valence-corrected chi connectivity index (χ3v) is 22.0. The van der Waals surface area contributed by atoms with Gasteiger partial charge in [-0.05, 0) is 322 Å². The summed E-state index contributed by atoms with van der Waals surface area (Å²) in [6.45, 7) is 6.39. The fraction of sp³-hybridized carbons (Fsp3) is 0.208. The molecule has 24 heteroatoms. The molecule has 6 aliphatic heterocycles. The lowest BCUT2D eigenvalue weighted by Gasteiger charge is -2.24. The third-order valence-electron chi connectivity index (χ3n) is 22.0. The fourth-order valence-corrected chi connectivity index (χ4v) is 15.6. The van der Waals surface area contributed by atoms with E-state index in [1.807, 2.05) is 107 Å². The number of halogens is 12. The van der Waals surface area contributed by atoms with E-state index in [1.54, 1.807) is 88.1 Å². The summed E-state index contributed by atoms with van der Waals surface area (Å²) in [7, 11) is 4.93. The number of ether oxygens (including phenoxy) is 12. The van der Waals surface area contributed by atoms with Crippen LogP contribution in [0.5, 0.6) is 69.0 Å². The van der Waals surface area contributed by atoms with E-state index in [2.05, 4.69) is 28.1 Å². The van der Waals surface area contributed by atoms with Crippen LogP contribution in [0.25, 0.3) is 33.4 Å². The van der Waals surface area contributed by atoms with Crippen LogP contribution < -0.4 is 56.8 Å². The molecule has 0 N–H and O–H groups in total. The normalized spacial score (nSPS) is 13.8. The summed E-state index contributed by atoms with van der Waals surface area (Å²) in [5.41, 5.74) is 22.9. The van der Waals surface area contributed by atoms with Gasteiger partial charge in [0.1, 0.15) is 144 Å². The van der Waals surface area contributed by atoms with Gasteiger partial charge in [-0.1, -0.05) is 100 Å². The zero-order valence-electron chi connectivity index (χ0n) is 72.5. The molecule has 130 heavy (non-hydrogen) atoms. The summed E-state index contributed by atoms with van der Waals surface area (Å²) >= 11 is 0. The van der Waals surface area contributed by atoms with Crippen LogP contribution in [0.1, 0.15) is 134 Å². The Morgan fingerprint density at radius 3 is 0.585 bits per heavy atom. The van der Waals surface area contributed by atoms with Crippen LogP contribution in [0, 0.1) is 34.9 Å². The lowest BCUT2D eigenvalue weighted by molar-refractivity contribution is -0.0505. The highest BCUT2D eigenvalue weighted by Gasteiger charge is 2.29. The Morgan fingerprint density at radius 2 is 0.400 bits per heavy atom. The molecule has 0 radical (unpaired) electrons. The minimum atomic E-state index is -2.89. The minimum absolute atomic E-state index is 0.0617. The van der Waals surface area contributed by atoms with Crippen LogP contribution in [-0.2, 0) is 0 Å². The SMILES string of the molecule is CC1=C(c2ccc(F)cc2)c2cc(OC(F)F)ccc2OC1.CCC1=C(c2ccc(F)cc2)c2cc(OC(F)F)ccc2OC1.CCC1=C(c2ccc(F)cc2)c2cc(OC(F)F)ccc2OC1.CCC1=C(c2ccc(F)cc2)c2cc(OC)ccc2OC1.CCC1=C(c2ccc(F)cc2)c2cc(OC)ccc2OC1.COc1ccc2c(c1)C(c1ccc(F)cc1)=C(C)CO2. The van der Waals surface area contributed by atoms with Crippen molar-refractivity contribution in [2.75, 3.05) is 61.0 Å². The first kappa shape index (κ1) is 93.5. The van der Waals surface area contributed by atoms with Crippen LogP contribution in [0.2, 0.25) is 0 Å². The molecule has 18 rings (SSSR count). The molecule has 12 nitrogen and oxygen atoms in total. The quantitative estimate of drug-likeness (QED) is 0.0719. The van der Waals surface area contributed by atoms with Crippen molar-refractivity contribution >= 4 is 33.4 Å². The number of rotatable bonds is 19. The molecule has 0 spiro atoms. The van der Waals surface area contributed by atoms with E-state index in [4.69, 9.17) is 42.6 Å². The molecule has 0 bridgehead atoms. The largest absolute Gasteiger partial charge is 0.497 e. The zero-order valence-corrected chi connectivity index (χ0v) is 72.5. The Bertz CT molecular complexity index is 5930. The molecule has 6 heterocycles. The van der Waals surface area contributed by atoms with Crippen molar-refractivity contribution in [1.29, 1.82) is 0 Å². The molecule has 0 aromatic heterocycles. The number of fused-ring (bicyclic) bond motifs is 6. The molecule has 0 unspecified atom stereocenters. The van der Waals surface area contributed by atoms with Gasteiger partial charge >= 0.3 is 19.8 Å². The minimum Gasteiger partial charge on any atom is -0.497 e. The maximum atomic E-state index is 13.2. The number of hydrogen-bond acceptors (Lipinski definition) is 12. The molecule has 0 atom stereocenters. The van der Waals surface area contributed by atoms with E-state index in [0.29, 0.717) is 73.6 Å². The molecule has 0 saturated heterocycles. The summed E-state index contributed by atoms with van der Waals surface area (Å²) < 4.78 is 217. The van der Waals surface area contributed by atoms with Crippen molar-refractivity contribution in [2.24, 2.45) is 0 Å². The third kappa shape index (κ3) is 22.9. The average molecular weight is 1790 g/mol. The average Bonchev–Trinajstić information content (AvgIpc) is 0.838. The molecule has 6 aliphatic rings. The smallest absolute Gasteiger partial charge is 0.387 e. The van der Waals surface area contributed by atoms with Gasteiger partial charge in [0.25, 0.3) is 0 Å². The van der Waals surface area contributed by atoms with Gasteiger partial charge in [-0.3, -0.25) is 0 Å². The van der Waals surface area contributed by atoms with E-state index in [9.17, 15) is 52.7 Å². The molecule has 672 valence electrons. The second kappa shape index (κ2) is 43.6. The van der Waals surface area contributed by atoms with Gasteiger partial charge in [-0.15, -0.1) is 0 Å². The van der Waals surface area contributed by atoms with Crippen LogP contribution in [-0.4, -0.2) is 80.8 Å². The van der Waals surface area contributed by atoms with Crippen LogP contribution >= 0.6 is 0 Å². The monoisotopic (exact) mass is 1780 g/mol. The molecule has 0 fully saturated rings. The molecule has 0 saturated carbocycles. The van der Waals surface area contributed by atoms with Crippen LogP contribution in [0.4, 0.5) is 52.7 Å². The Labute approximate surface area is 746 Å². The number of hydrogen-bond donors (Lipinski definition) is 0. The summed E-state index contributed by atoms with van der Waals surface area (Å²) in [6.07, 6.45) is 3.27. The molecule has 0 aliphatic carbocycles. The van der Waals surface area contributed by atoms with Gasteiger partial charge in [0.05, 0.1) is 21.3 Å². The first-order valence-electron chi connectivity index (χ1n) is 41.8. The van der Waals surface area contributed by atoms with Gasteiger partial charge in [0, 0.05) is 33.4 Å². The predicted octanol–water partition coefficient (Wildman–Crippen LogP) is 27.6. The molecule has 12 aromatic rings. The van der Waals surface area contributed by atoms with Crippen molar-refractivity contribution in [1.82, 2.24) is 0 Å². The molecular weight excluding hydrogens is 1690 g/mol. The van der Waals surface area contributed by atoms with E-state index < -0.39 is 19.8 Å². The second-order valence-electron chi connectivity index (χ2n) is 30.1. The summed E-state index contributed by atoms with van der Waals surface area (Å²) in [5.74, 6) is 5.19. The maximum Gasteiger partial charge on any atom is 0.387 e. The molecule has 0 amide bonds. The highest BCUT2D eigenvalue weighted by molar-refractivity contribution is 5.92. The number of alkyl halides is 6. The number of benzene rings is 12. The van der Waals surface area contributed by atoms with E-state index in [0.717, 1.165) is 166 Å². The Morgan fingerprint density at radius 1 is 0.231 bits per heavy atom. The zero-order chi connectivity index (χ0) is 92.2. The van der Waals surface area contributed by atoms with Crippen molar-refractivity contribution in [3.8, 4) is 69.0 Å². The topological polar surface area (TPSA) is 111 Å². The highest BCUT2D eigenvalue weighted by Crippen LogP contribution is 2.48. The standard InChI is InChI=1S/2C18H15F3O2.2C18H17FO2.C17H13F3O2.C17H15FO2/c2*1-2-11-10-22-16-8-7-14(23-18(20)21)9-15(16)17(11)12-3-5-13(19)6-4-12;2*1-3-12-11-21-17-9-8-15(20-2)10-16(17)18(12)13-4-6-14(19)7-5-13;1-10-9-21-15-7-6-13(22-17(19)20)8-14(15)16(10)11-2-4-12(18)5-3-11;1-11-10-20-16-8-7-14(19-2)9-15(16)17(11)12-3-5-13(18)6-4-12/h2*3-9,18H,2,10H2,1H3;2*4-10H,3,11H2,1-2H3;2-8,17H,9H2,1H3;3-9H,10H2,1-2H3. The fourth-order valence-electron chi connectivity index (χ4n) is 15.6. The van der Waals surface area contributed by atoms with E-state index in [-0.39, 0.29) is 52.2 Å². The predicted molar refractivity (Wildman–Crippen MR) is 478 cm³/mol.